The van der Waals surface area contributed by atoms with Gasteiger partial charge in [-0.15, -0.1) is 0 Å². The lowest BCUT2D eigenvalue weighted by Crippen LogP contribution is -2.29. The number of aromatic nitrogens is 2. The number of pyridine rings is 1. The first-order chi connectivity index (χ1) is 14.7. The Hall–Kier alpha value is -2.73. The molecule has 154 valence electrons. The van der Waals surface area contributed by atoms with Gasteiger partial charge in [0.05, 0.1) is 17.8 Å². The number of hydrogen-bond donors (Lipinski definition) is 1. The summed E-state index contributed by atoms with van der Waals surface area (Å²) in [6, 6.07) is 15.1. The first-order valence-corrected chi connectivity index (χ1v) is 11.0. The van der Waals surface area contributed by atoms with E-state index in [0.29, 0.717) is 11.2 Å². The van der Waals surface area contributed by atoms with Crippen LogP contribution in [0.1, 0.15) is 61.5 Å². The average Bonchev–Trinajstić information content (AvgIpc) is 3.40. The van der Waals surface area contributed by atoms with E-state index in [2.05, 4.69) is 38.2 Å². The van der Waals surface area contributed by atoms with E-state index in [1.807, 2.05) is 24.4 Å². The highest BCUT2D eigenvalue weighted by atomic mass is 32.1. The molecule has 2 unspecified atom stereocenters. The Balaban J connectivity index is 1.54. The average molecular weight is 421 g/mol. The van der Waals surface area contributed by atoms with Gasteiger partial charge in [-0.3, -0.25) is 4.98 Å². The molecule has 1 N–H and O–H groups in total. The van der Waals surface area contributed by atoms with Crippen LogP contribution in [0, 0.1) is 5.82 Å². The second kappa shape index (κ2) is 8.19. The molecule has 30 heavy (non-hydrogen) atoms. The van der Waals surface area contributed by atoms with E-state index in [0.717, 1.165) is 11.4 Å². The minimum atomic E-state index is -0.252. The van der Waals surface area contributed by atoms with Crippen molar-refractivity contribution < 1.29 is 4.39 Å². The van der Waals surface area contributed by atoms with Gasteiger partial charge in [0.25, 0.3) is 0 Å². The summed E-state index contributed by atoms with van der Waals surface area (Å²) >= 11 is 5.73. The fourth-order valence-electron chi connectivity index (χ4n) is 4.79. The molecule has 1 aliphatic heterocycles. The van der Waals surface area contributed by atoms with Gasteiger partial charge in [0, 0.05) is 30.3 Å². The summed E-state index contributed by atoms with van der Waals surface area (Å²) in [5.74, 6) is -0.252. The smallest absolute Gasteiger partial charge is 0.174 e. The second-order valence-corrected chi connectivity index (χ2v) is 8.54. The molecule has 1 saturated heterocycles. The largest absolute Gasteiger partial charge is 0.351 e. The molecule has 0 radical (unpaired) electrons. The summed E-state index contributed by atoms with van der Waals surface area (Å²) in [5, 5.41) is 4.09. The molecule has 2 atom stereocenters. The Morgan fingerprint density at radius 1 is 1.00 bits per heavy atom. The molecule has 1 saturated carbocycles. The highest BCUT2D eigenvalue weighted by Gasteiger charge is 2.41. The molecule has 2 aliphatic rings. The molecule has 3 aromatic rings. The molecule has 1 aromatic carbocycles. The van der Waals surface area contributed by atoms with Crippen LogP contribution < -0.4 is 10.2 Å². The lowest BCUT2D eigenvalue weighted by atomic mass is 9.95. The Bertz CT molecular complexity index is 1010. The minimum absolute atomic E-state index is 0.0531. The number of nitrogens with zero attached hydrogens (tertiary/aromatic N) is 3. The van der Waals surface area contributed by atoms with Gasteiger partial charge in [0.1, 0.15) is 5.82 Å². The lowest BCUT2D eigenvalue weighted by Gasteiger charge is -2.28. The fourth-order valence-corrected chi connectivity index (χ4v) is 5.13. The lowest BCUT2D eigenvalue weighted by molar-refractivity contribution is 0.353. The van der Waals surface area contributed by atoms with Crippen LogP contribution in [0.3, 0.4) is 0 Å². The first kappa shape index (κ1) is 19.2. The summed E-state index contributed by atoms with van der Waals surface area (Å²) in [6.07, 6.45) is 12.7. The maximum Gasteiger partial charge on any atom is 0.174 e. The van der Waals surface area contributed by atoms with Gasteiger partial charge in [-0.2, -0.15) is 0 Å². The van der Waals surface area contributed by atoms with E-state index < -0.39 is 0 Å². The van der Waals surface area contributed by atoms with Crippen molar-refractivity contribution in [2.24, 2.45) is 0 Å². The maximum atomic E-state index is 13.6. The third-order valence-corrected chi connectivity index (χ3v) is 6.59. The SMILES string of the molecule is Fc1ccc(N2C(=S)NC(c3ccccn3)C2c2ccn(C3CCCCC3)c2)cc1. The zero-order valence-corrected chi connectivity index (χ0v) is 17.6. The number of nitrogens with one attached hydrogen (secondary N) is 1. The molecule has 2 fully saturated rings. The van der Waals surface area contributed by atoms with Gasteiger partial charge in [0.15, 0.2) is 5.11 Å². The van der Waals surface area contributed by atoms with E-state index in [1.54, 1.807) is 12.1 Å². The van der Waals surface area contributed by atoms with Crippen molar-refractivity contribution in [3.63, 3.8) is 0 Å². The molecule has 5 rings (SSSR count). The Kier molecular flexibility index (Phi) is 5.25. The number of thiocarbonyl (C=S) groups is 1. The highest BCUT2D eigenvalue weighted by molar-refractivity contribution is 7.80. The monoisotopic (exact) mass is 420 g/mol. The predicted molar refractivity (Wildman–Crippen MR) is 121 cm³/mol. The van der Waals surface area contributed by atoms with Crippen LogP contribution in [0.5, 0.6) is 0 Å². The van der Waals surface area contributed by atoms with Crippen molar-refractivity contribution in [3.05, 3.63) is 84.2 Å². The van der Waals surface area contributed by atoms with E-state index in [-0.39, 0.29) is 17.9 Å². The maximum absolute atomic E-state index is 13.6. The van der Waals surface area contributed by atoms with Crippen LogP contribution in [0.2, 0.25) is 0 Å². The predicted octanol–water partition coefficient (Wildman–Crippen LogP) is 5.70. The zero-order chi connectivity index (χ0) is 20.5. The molecule has 0 spiro atoms. The van der Waals surface area contributed by atoms with Crippen molar-refractivity contribution in [1.82, 2.24) is 14.9 Å². The van der Waals surface area contributed by atoms with Gasteiger partial charge in [-0.05, 0) is 73.1 Å². The Morgan fingerprint density at radius 3 is 2.53 bits per heavy atom. The summed E-state index contributed by atoms with van der Waals surface area (Å²) in [4.78, 5) is 6.69. The van der Waals surface area contributed by atoms with Crippen molar-refractivity contribution >= 4 is 23.0 Å². The third kappa shape index (κ3) is 3.60. The fraction of sp³-hybridized carbons (Fsp3) is 0.333. The van der Waals surface area contributed by atoms with E-state index in [9.17, 15) is 4.39 Å². The quantitative estimate of drug-likeness (QED) is 0.549. The number of anilines is 1. The Labute approximate surface area is 181 Å². The summed E-state index contributed by atoms with van der Waals surface area (Å²) in [6.45, 7) is 0. The number of rotatable bonds is 4. The number of hydrogen-bond acceptors (Lipinski definition) is 2. The van der Waals surface area contributed by atoms with E-state index >= 15 is 0 Å². The summed E-state index contributed by atoms with van der Waals surface area (Å²) < 4.78 is 15.9. The van der Waals surface area contributed by atoms with Crippen LogP contribution in [-0.4, -0.2) is 14.7 Å². The first-order valence-electron chi connectivity index (χ1n) is 10.6. The van der Waals surface area contributed by atoms with Crippen LogP contribution in [0.15, 0.2) is 67.1 Å². The van der Waals surface area contributed by atoms with Crippen LogP contribution in [0.4, 0.5) is 10.1 Å². The van der Waals surface area contributed by atoms with Crippen molar-refractivity contribution in [3.8, 4) is 0 Å². The van der Waals surface area contributed by atoms with E-state index in [4.69, 9.17) is 12.2 Å². The molecule has 4 nitrogen and oxygen atoms in total. The molecule has 0 bridgehead atoms. The van der Waals surface area contributed by atoms with Crippen LogP contribution >= 0.6 is 12.2 Å². The number of halogens is 1. The molecule has 3 heterocycles. The summed E-state index contributed by atoms with van der Waals surface area (Å²) in [5.41, 5.74) is 3.01. The highest BCUT2D eigenvalue weighted by Crippen LogP contribution is 2.42. The summed E-state index contributed by atoms with van der Waals surface area (Å²) in [7, 11) is 0. The normalized spacial score (nSPS) is 22.3. The number of benzene rings is 1. The van der Waals surface area contributed by atoms with Crippen LogP contribution in [0.25, 0.3) is 0 Å². The molecular formula is C24H25FN4S. The van der Waals surface area contributed by atoms with Gasteiger partial charge in [-0.25, -0.2) is 4.39 Å². The molecule has 1 aliphatic carbocycles. The molecule has 6 heteroatoms. The Morgan fingerprint density at radius 2 is 1.80 bits per heavy atom. The van der Waals surface area contributed by atoms with Gasteiger partial charge < -0.3 is 14.8 Å². The molecular weight excluding hydrogens is 395 g/mol. The van der Waals surface area contributed by atoms with Crippen molar-refractivity contribution in [1.29, 1.82) is 0 Å². The van der Waals surface area contributed by atoms with Gasteiger partial charge in [0.2, 0.25) is 0 Å². The standard InChI is InChI=1S/C24H25FN4S/c25-18-9-11-20(12-10-18)29-23(22(27-24(29)30)21-8-4-5-14-26-21)17-13-15-28(16-17)19-6-2-1-3-7-19/h4-5,8-16,19,22-23H,1-3,6-7H2,(H,27,30). The zero-order valence-electron chi connectivity index (χ0n) is 16.7. The third-order valence-electron chi connectivity index (χ3n) is 6.28. The van der Waals surface area contributed by atoms with Crippen LogP contribution in [-0.2, 0) is 0 Å². The minimum Gasteiger partial charge on any atom is -0.351 e. The molecule has 0 amide bonds. The second-order valence-electron chi connectivity index (χ2n) is 8.16. The van der Waals surface area contributed by atoms with E-state index in [1.165, 1.54) is 49.8 Å². The van der Waals surface area contributed by atoms with Crippen molar-refractivity contribution in [2.45, 2.75) is 50.2 Å². The van der Waals surface area contributed by atoms with Gasteiger partial charge >= 0.3 is 0 Å². The molecule has 2 aromatic heterocycles. The topological polar surface area (TPSA) is 33.1 Å². The van der Waals surface area contributed by atoms with Gasteiger partial charge in [-0.1, -0.05) is 25.3 Å². The van der Waals surface area contributed by atoms with Crippen molar-refractivity contribution in [2.75, 3.05) is 4.90 Å².